The predicted octanol–water partition coefficient (Wildman–Crippen LogP) is 5.00. The summed E-state index contributed by atoms with van der Waals surface area (Å²) in [6.45, 7) is 5.61. The molecule has 1 aliphatic rings. The lowest BCUT2D eigenvalue weighted by Crippen LogP contribution is -2.30. The van der Waals surface area contributed by atoms with Crippen LogP contribution in [0.2, 0.25) is 0 Å². The molecule has 0 saturated heterocycles. The van der Waals surface area contributed by atoms with Gasteiger partial charge < -0.3 is 21.1 Å². The van der Waals surface area contributed by atoms with Crippen LogP contribution in [-0.2, 0) is 17.6 Å². The molecule has 1 heterocycles. The highest BCUT2D eigenvalue weighted by molar-refractivity contribution is 7.17. The lowest BCUT2D eigenvalue weighted by Gasteiger charge is -2.16. The van der Waals surface area contributed by atoms with Crippen LogP contribution in [0.25, 0.3) is 0 Å². The van der Waals surface area contributed by atoms with Gasteiger partial charge in [0.15, 0.2) is 6.10 Å². The first-order chi connectivity index (χ1) is 16.7. The van der Waals surface area contributed by atoms with Crippen LogP contribution in [0.4, 0.5) is 10.7 Å². The largest absolute Gasteiger partial charge is 0.481 e. The van der Waals surface area contributed by atoms with Crippen molar-refractivity contribution >= 4 is 39.7 Å². The summed E-state index contributed by atoms with van der Waals surface area (Å²) < 4.78 is 5.77. The van der Waals surface area contributed by atoms with Gasteiger partial charge in [-0.15, -0.1) is 11.3 Å². The summed E-state index contributed by atoms with van der Waals surface area (Å²) in [6, 6.07) is 12.3. The van der Waals surface area contributed by atoms with Crippen molar-refractivity contribution in [2.24, 2.45) is 5.73 Å². The number of thiophene rings is 1. The van der Waals surface area contributed by atoms with Crippen LogP contribution in [0, 0.1) is 13.8 Å². The van der Waals surface area contributed by atoms with E-state index in [1.807, 2.05) is 32.0 Å². The fourth-order valence-electron chi connectivity index (χ4n) is 4.22. The monoisotopic (exact) mass is 491 g/mol. The van der Waals surface area contributed by atoms with Gasteiger partial charge in [-0.1, -0.05) is 17.7 Å². The molecule has 182 valence electrons. The van der Waals surface area contributed by atoms with Crippen molar-refractivity contribution in [1.29, 1.82) is 0 Å². The lowest BCUT2D eigenvalue weighted by molar-refractivity contribution is -0.122. The second kappa shape index (κ2) is 10.3. The number of amides is 3. The Hall–Kier alpha value is -3.65. The molecule has 8 heteroatoms. The van der Waals surface area contributed by atoms with Crippen LogP contribution in [-0.4, -0.2) is 23.8 Å². The van der Waals surface area contributed by atoms with Gasteiger partial charge in [-0.05, 0) is 87.9 Å². The molecule has 3 aromatic rings. The Bertz CT molecular complexity index is 1280. The van der Waals surface area contributed by atoms with Crippen molar-refractivity contribution < 1.29 is 19.1 Å². The van der Waals surface area contributed by atoms with Crippen LogP contribution >= 0.6 is 11.3 Å². The van der Waals surface area contributed by atoms with E-state index < -0.39 is 12.0 Å². The van der Waals surface area contributed by atoms with E-state index in [1.54, 1.807) is 31.2 Å². The number of hydrogen-bond acceptors (Lipinski definition) is 5. The van der Waals surface area contributed by atoms with E-state index >= 15 is 0 Å². The molecule has 2 aromatic carbocycles. The maximum Gasteiger partial charge on any atom is 0.265 e. The molecule has 35 heavy (non-hydrogen) atoms. The third kappa shape index (κ3) is 5.54. The molecule has 0 saturated carbocycles. The minimum Gasteiger partial charge on any atom is -0.481 e. The van der Waals surface area contributed by atoms with Gasteiger partial charge in [0.05, 0.1) is 5.56 Å². The number of hydrogen-bond donors (Lipinski definition) is 3. The molecule has 7 nitrogen and oxygen atoms in total. The van der Waals surface area contributed by atoms with Crippen LogP contribution in [0.5, 0.6) is 5.75 Å². The fraction of sp³-hybridized carbons (Fsp3) is 0.296. The topological polar surface area (TPSA) is 111 Å². The summed E-state index contributed by atoms with van der Waals surface area (Å²) in [6.07, 6.45) is 3.06. The first-order valence-electron chi connectivity index (χ1n) is 11.6. The van der Waals surface area contributed by atoms with Crippen LogP contribution in [0.15, 0.2) is 42.5 Å². The number of aryl methyl sites for hydroxylation is 3. The van der Waals surface area contributed by atoms with E-state index in [-0.39, 0.29) is 11.8 Å². The Morgan fingerprint density at radius 1 is 1.00 bits per heavy atom. The number of carbonyl (C=O) groups excluding carboxylic acids is 3. The number of benzene rings is 2. The van der Waals surface area contributed by atoms with Gasteiger partial charge in [0, 0.05) is 16.1 Å². The summed E-state index contributed by atoms with van der Waals surface area (Å²) in [4.78, 5) is 38.6. The van der Waals surface area contributed by atoms with Crippen molar-refractivity contribution in [3.8, 4) is 5.75 Å². The zero-order valence-corrected chi connectivity index (χ0v) is 20.9. The van der Waals surface area contributed by atoms with Gasteiger partial charge in [0.1, 0.15) is 10.8 Å². The lowest BCUT2D eigenvalue weighted by atomic mass is 9.95. The van der Waals surface area contributed by atoms with Gasteiger partial charge in [-0.3, -0.25) is 14.4 Å². The summed E-state index contributed by atoms with van der Waals surface area (Å²) >= 11 is 1.43. The first kappa shape index (κ1) is 24.5. The molecule has 0 radical (unpaired) electrons. The summed E-state index contributed by atoms with van der Waals surface area (Å²) in [5.41, 5.74) is 10.3. The van der Waals surface area contributed by atoms with E-state index in [9.17, 15) is 14.4 Å². The van der Waals surface area contributed by atoms with E-state index in [4.69, 9.17) is 10.5 Å². The summed E-state index contributed by atoms with van der Waals surface area (Å²) in [5.74, 6) is -0.650. The molecule has 1 aromatic heterocycles. The van der Waals surface area contributed by atoms with Gasteiger partial charge in [-0.2, -0.15) is 0 Å². The van der Waals surface area contributed by atoms with Crippen molar-refractivity contribution in [2.45, 2.75) is 52.6 Å². The Balaban J connectivity index is 1.40. The minimum atomic E-state index is -0.731. The minimum absolute atomic E-state index is 0.264. The first-order valence-corrected chi connectivity index (χ1v) is 12.4. The Morgan fingerprint density at radius 2 is 1.71 bits per heavy atom. The number of nitrogens with one attached hydrogen (secondary N) is 2. The molecule has 0 spiro atoms. The van der Waals surface area contributed by atoms with Gasteiger partial charge in [0.2, 0.25) is 0 Å². The number of fused-ring (bicyclic) bond motifs is 1. The molecule has 0 bridgehead atoms. The molecule has 0 fully saturated rings. The zero-order chi connectivity index (χ0) is 25.1. The summed E-state index contributed by atoms with van der Waals surface area (Å²) in [5, 5.41) is 6.24. The van der Waals surface area contributed by atoms with Crippen molar-refractivity contribution in [3.63, 3.8) is 0 Å². The molecule has 4 rings (SSSR count). The van der Waals surface area contributed by atoms with Crippen LogP contribution in [0.3, 0.4) is 0 Å². The number of nitrogens with two attached hydrogens (primary N) is 1. The highest BCUT2D eigenvalue weighted by Crippen LogP contribution is 2.38. The molecule has 4 N–H and O–H groups in total. The third-order valence-corrected chi connectivity index (χ3v) is 7.29. The van der Waals surface area contributed by atoms with Crippen LogP contribution in [0.1, 0.15) is 62.0 Å². The Kier molecular flexibility index (Phi) is 7.21. The number of anilines is 2. The maximum atomic E-state index is 12.8. The third-order valence-electron chi connectivity index (χ3n) is 6.08. The SMILES string of the molecule is Cc1ccc(NC(=O)[C@H](C)Oc2ccc(C(=O)Nc3sc4c(c3C(N)=O)CCCC4)cc2)c(C)c1. The fourth-order valence-corrected chi connectivity index (χ4v) is 5.51. The van der Waals surface area contributed by atoms with Gasteiger partial charge in [-0.25, -0.2) is 0 Å². The number of ether oxygens (including phenoxy) is 1. The highest BCUT2D eigenvalue weighted by atomic mass is 32.1. The quantitative estimate of drug-likeness (QED) is 0.432. The average molecular weight is 492 g/mol. The van der Waals surface area contributed by atoms with E-state index in [2.05, 4.69) is 10.6 Å². The molecule has 1 aliphatic carbocycles. The average Bonchev–Trinajstić information content (AvgIpc) is 3.19. The number of primary amides is 1. The number of rotatable bonds is 7. The maximum absolute atomic E-state index is 12.8. The molecule has 1 atom stereocenters. The smallest absolute Gasteiger partial charge is 0.265 e. The normalized spacial score (nSPS) is 13.5. The second-order valence-corrected chi connectivity index (χ2v) is 9.93. The second-order valence-electron chi connectivity index (χ2n) is 8.83. The molecule has 0 aliphatic heterocycles. The van der Waals surface area contributed by atoms with Crippen molar-refractivity contribution in [3.05, 3.63) is 75.2 Å². The summed E-state index contributed by atoms with van der Waals surface area (Å²) in [7, 11) is 0. The molecule has 3 amide bonds. The predicted molar refractivity (Wildman–Crippen MR) is 139 cm³/mol. The van der Waals surface area contributed by atoms with Gasteiger partial charge >= 0.3 is 0 Å². The van der Waals surface area contributed by atoms with Crippen LogP contribution < -0.4 is 21.1 Å². The number of carbonyl (C=O) groups is 3. The van der Waals surface area contributed by atoms with Crippen molar-refractivity contribution in [1.82, 2.24) is 0 Å². The standard InChI is InChI=1S/C27H29N3O4S/c1-15-8-13-21(16(2)14-15)29-25(32)17(3)34-19-11-9-18(10-12-19)26(33)30-27-23(24(28)31)20-6-4-5-7-22(20)35-27/h8-14,17H,4-7H2,1-3H3,(H2,28,31)(H,29,32)(H,30,33)/t17-/m0/s1. The Morgan fingerprint density at radius 3 is 2.40 bits per heavy atom. The molecular formula is C27H29N3O4S. The molecule has 0 unspecified atom stereocenters. The van der Waals surface area contributed by atoms with E-state index in [1.165, 1.54) is 11.3 Å². The van der Waals surface area contributed by atoms with E-state index in [0.29, 0.717) is 21.9 Å². The molecular weight excluding hydrogens is 462 g/mol. The van der Waals surface area contributed by atoms with Crippen molar-refractivity contribution in [2.75, 3.05) is 10.6 Å². The van der Waals surface area contributed by atoms with Gasteiger partial charge in [0.25, 0.3) is 17.7 Å². The Labute approximate surface area is 208 Å². The van der Waals surface area contributed by atoms with E-state index in [0.717, 1.165) is 52.9 Å². The highest BCUT2D eigenvalue weighted by Gasteiger charge is 2.25. The zero-order valence-electron chi connectivity index (χ0n) is 20.1.